The normalized spacial score (nSPS) is 11.8. The van der Waals surface area contributed by atoms with Gasteiger partial charge < -0.3 is 4.74 Å². The van der Waals surface area contributed by atoms with Crippen LogP contribution in [-0.2, 0) is 16.1 Å². The Balaban J connectivity index is 2.83. The molecule has 86 valence electrons. The Labute approximate surface area is 94.8 Å². The molecule has 0 fully saturated rings. The molecule has 1 unspecified atom stereocenters. The van der Waals surface area contributed by atoms with E-state index in [0.29, 0.717) is 6.54 Å². The Morgan fingerprint density at radius 2 is 2.56 bits per heavy atom. The molecule has 0 aliphatic carbocycles. The van der Waals surface area contributed by atoms with E-state index in [1.54, 1.807) is 17.1 Å². The fraction of sp³-hybridized carbons (Fsp3) is 0.455. The van der Waals surface area contributed by atoms with Crippen LogP contribution in [0, 0.1) is 12.3 Å². The fourth-order valence-electron chi connectivity index (χ4n) is 1.32. The molecule has 0 bridgehead atoms. The summed E-state index contributed by atoms with van der Waals surface area (Å²) in [6.45, 7) is 3.03. The first-order valence-corrected chi connectivity index (χ1v) is 5.00. The van der Waals surface area contributed by atoms with Crippen molar-refractivity contribution in [3.05, 3.63) is 18.0 Å². The fourth-order valence-corrected chi connectivity index (χ4v) is 1.32. The number of aromatic nitrogens is 2. The summed E-state index contributed by atoms with van der Waals surface area (Å²) >= 11 is 0. The molecule has 0 saturated heterocycles. The number of hydrogen-bond donors (Lipinski definition) is 1. The third-order valence-corrected chi connectivity index (χ3v) is 2.16. The molecule has 0 aromatic carbocycles. The SMILES string of the molecule is C#CCNC(C(=O)OC)c1cnn(CC)c1. The largest absolute Gasteiger partial charge is 0.468 e. The van der Waals surface area contributed by atoms with E-state index < -0.39 is 6.04 Å². The molecule has 0 amide bonds. The zero-order valence-corrected chi connectivity index (χ0v) is 9.43. The van der Waals surface area contributed by atoms with Crippen molar-refractivity contribution < 1.29 is 9.53 Å². The number of terminal acetylenes is 1. The van der Waals surface area contributed by atoms with E-state index >= 15 is 0 Å². The van der Waals surface area contributed by atoms with Crippen molar-refractivity contribution in [1.82, 2.24) is 15.1 Å². The van der Waals surface area contributed by atoms with Gasteiger partial charge in [0.2, 0.25) is 0 Å². The monoisotopic (exact) mass is 221 g/mol. The molecule has 1 rings (SSSR count). The van der Waals surface area contributed by atoms with Crippen LogP contribution in [0.5, 0.6) is 0 Å². The summed E-state index contributed by atoms with van der Waals surface area (Å²) in [5, 5.41) is 7.01. The van der Waals surface area contributed by atoms with Crippen molar-refractivity contribution in [2.45, 2.75) is 19.5 Å². The van der Waals surface area contributed by atoms with Crippen molar-refractivity contribution in [2.24, 2.45) is 0 Å². The van der Waals surface area contributed by atoms with Crippen LogP contribution in [0.15, 0.2) is 12.4 Å². The Morgan fingerprint density at radius 1 is 1.81 bits per heavy atom. The number of aryl methyl sites for hydroxylation is 1. The van der Waals surface area contributed by atoms with Crippen LogP contribution in [0.2, 0.25) is 0 Å². The molecule has 16 heavy (non-hydrogen) atoms. The molecular formula is C11H15N3O2. The van der Waals surface area contributed by atoms with Gasteiger partial charge in [0.1, 0.15) is 6.04 Å². The number of hydrogen-bond acceptors (Lipinski definition) is 4. The summed E-state index contributed by atoms with van der Waals surface area (Å²) in [4.78, 5) is 11.5. The van der Waals surface area contributed by atoms with E-state index in [0.717, 1.165) is 12.1 Å². The van der Waals surface area contributed by atoms with Gasteiger partial charge in [-0.3, -0.25) is 10.00 Å². The Morgan fingerprint density at radius 3 is 3.06 bits per heavy atom. The first-order chi connectivity index (χ1) is 7.72. The lowest BCUT2D eigenvalue weighted by molar-refractivity contribution is -0.143. The summed E-state index contributed by atoms with van der Waals surface area (Å²) in [7, 11) is 1.34. The molecule has 0 saturated carbocycles. The second-order valence-electron chi connectivity index (χ2n) is 3.17. The van der Waals surface area contributed by atoms with Gasteiger partial charge in [-0.1, -0.05) is 5.92 Å². The minimum Gasteiger partial charge on any atom is -0.468 e. The number of nitrogens with one attached hydrogen (secondary N) is 1. The van der Waals surface area contributed by atoms with Gasteiger partial charge in [-0.2, -0.15) is 5.10 Å². The van der Waals surface area contributed by atoms with E-state index in [9.17, 15) is 4.79 Å². The zero-order valence-electron chi connectivity index (χ0n) is 9.43. The average Bonchev–Trinajstić information content (AvgIpc) is 2.77. The van der Waals surface area contributed by atoms with Crippen molar-refractivity contribution in [3.8, 4) is 12.3 Å². The van der Waals surface area contributed by atoms with Crippen LogP contribution in [0.1, 0.15) is 18.5 Å². The van der Waals surface area contributed by atoms with Crippen molar-refractivity contribution in [3.63, 3.8) is 0 Å². The molecule has 0 aliphatic heterocycles. The second-order valence-corrected chi connectivity index (χ2v) is 3.17. The van der Waals surface area contributed by atoms with E-state index in [-0.39, 0.29) is 5.97 Å². The van der Waals surface area contributed by atoms with Crippen LogP contribution in [-0.4, -0.2) is 29.4 Å². The molecule has 0 aliphatic rings. The maximum absolute atomic E-state index is 11.5. The van der Waals surface area contributed by atoms with Crippen LogP contribution in [0.3, 0.4) is 0 Å². The highest BCUT2D eigenvalue weighted by molar-refractivity contribution is 5.77. The maximum atomic E-state index is 11.5. The molecule has 1 N–H and O–H groups in total. The van der Waals surface area contributed by atoms with E-state index in [1.807, 2.05) is 6.92 Å². The van der Waals surface area contributed by atoms with Crippen LogP contribution in [0.25, 0.3) is 0 Å². The molecule has 1 aromatic rings. The summed E-state index contributed by atoms with van der Waals surface area (Å²) < 4.78 is 6.44. The molecular weight excluding hydrogens is 206 g/mol. The van der Waals surface area contributed by atoms with Crippen LogP contribution < -0.4 is 5.32 Å². The van der Waals surface area contributed by atoms with E-state index in [4.69, 9.17) is 11.2 Å². The van der Waals surface area contributed by atoms with Crippen LogP contribution in [0.4, 0.5) is 0 Å². The molecule has 5 nitrogen and oxygen atoms in total. The first kappa shape index (κ1) is 12.3. The lowest BCUT2D eigenvalue weighted by Crippen LogP contribution is -2.29. The van der Waals surface area contributed by atoms with Gasteiger partial charge in [0.15, 0.2) is 0 Å². The summed E-state index contributed by atoms with van der Waals surface area (Å²) in [6.07, 6.45) is 8.57. The lowest BCUT2D eigenvalue weighted by atomic mass is 10.1. The molecule has 1 aromatic heterocycles. The smallest absolute Gasteiger partial charge is 0.327 e. The first-order valence-electron chi connectivity index (χ1n) is 5.00. The Bertz CT molecular complexity index is 392. The van der Waals surface area contributed by atoms with Crippen LogP contribution >= 0.6 is 0 Å². The van der Waals surface area contributed by atoms with Crippen molar-refractivity contribution >= 4 is 5.97 Å². The summed E-state index contributed by atoms with van der Waals surface area (Å²) in [5.74, 6) is 2.05. The Kier molecular flexibility index (Phi) is 4.55. The third kappa shape index (κ3) is 2.84. The number of carbonyl (C=O) groups is 1. The lowest BCUT2D eigenvalue weighted by Gasteiger charge is -2.12. The number of ether oxygens (including phenoxy) is 1. The number of carbonyl (C=O) groups excluding carboxylic acids is 1. The molecule has 1 atom stereocenters. The number of nitrogens with zero attached hydrogens (tertiary/aromatic N) is 2. The second kappa shape index (κ2) is 5.93. The van der Waals surface area contributed by atoms with Gasteiger partial charge in [0.05, 0.1) is 19.9 Å². The predicted octanol–water partition coefficient (Wildman–Crippen LogP) is 0.340. The van der Waals surface area contributed by atoms with Crippen molar-refractivity contribution in [2.75, 3.05) is 13.7 Å². The highest BCUT2D eigenvalue weighted by Crippen LogP contribution is 2.13. The van der Waals surface area contributed by atoms with Crippen molar-refractivity contribution in [1.29, 1.82) is 0 Å². The van der Waals surface area contributed by atoms with Gasteiger partial charge in [-0.25, -0.2) is 4.79 Å². The summed E-state index contributed by atoms with van der Waals surface area (Å²) in [6, 6.07) is -0.554. The quantitative estimate of drug-likeness (QED) is 0.575. The topological polar surface area (TPSA) is 56.1 Å². The third-order valence-electron chi connectivity index (χ3n) is 2.16. The highest BCUT2D eigenvalue weighted by atomic mass is 16.5. The van der Waals surface area contributed by atoms with Gasteiger partial charge >= 0.3 is 5.97 Å². The molecule has 5 heteroatoms. The van der Waals surface area contributed by atoms with Gasteiger partial charge in [-0.15, -0.1) is 6.42 Å². The molecule has 1 heterocycles. The Hall–Kier alpha value is -1.80. The number of methoxy groups -OCH3 is 1. The molecule has 0 radical (unpaired) electrons. The van der Waals surface area contributed by atoms with E-state index in [1.165, 1.54) is 7.11 Å². The predicted molar refractivity (Wildman–Crippen MR) is 59.5 cm³/mol. The zero-order chi connectivity index (χ0) is 12.0. The van der Waals surface area contributed by atoms with Gasteiger partial charge in [0.25, 0.3) is 0 Å². The minimum absolute atomic E-state index is 0.303. The highest BCUT2D eigenvalue weighted by Gasteiger charge is 2.21. The average molecular weight is 221 g/mol. The number of esters is 1. The standard InChI is InChI=1S/C11H15N3O2/c1-4-6-12-10(11(15)16-3)9-7-13-14(5-2)8-9/h1,7-8,10,12H,5-6H2,2-3H3. The molecule has 0 spiro atoms. The maximum Gasteiger partial charge on any atom is 0.327 e. The summed E-state index contributed by atoms with van der Waals surface area (Å²) in [5.41, 5.74) is 0.754. The van der Waals surface area contributed by atoms with Gasteiger partial charge in [-0.05, 0) is 6.92 Å². The minimum atomic E-state index is -0.554. The number of rotatable bonds is 5. The van der Waals surface area contributed by atoms with Gasteiger partial charge in [0, 0.05) is 18.3 Å². The van der Waals surface area contributed by atoms with E-state index in [2.05, 4.69) is 16.3 Å².